The Morgan fingerprint density at radius 3 is 1.90 bits per heavy atom. The number of nitrogens with one attached hydrogen (secondary N) is 2. The second kappa shape index (κ2) is 4.28. The maximum Gasteiger partial charge on any atom is 0.237 e. The number of hydrogen-bond donors (Lipinski definition) is 2. The van der Waals surface area contributed by atoms with Crippen molar-refractivity contribution in [2.24, 2.45) is 5.92 Å². The van der Waals surface area contributed by atoms with Gasteiger partial charge < -0.3 is 10.6 Å². The van der Waals surface area contributed by atoms with Gasteiger partial charge in [-0.15, -0.1) is 0 Å². The molecule has 0 bridgehead atoms. The molecule has 0 rings (SSSR count). The Balaban J connectivity index is 3.93. The molecule has 60 valence electrons. The molecule has 0 aliphatic carbocycles. The Kier molecular flexibility index (Phi) is 4.03. The van der Waals surface area contributed by atoms with Crippen molar-refractivity contribution < 1.29 is 4.79 Å². The summed E-state index contributed by atoms with van der Waals surface area (Å²) in [5, 5.41) is 5.54. The fourth-order valence-electron chi connectivity index (χ4n) is 0.923. The van der Waals surface area contributed by atoms with Gasteiger partial charge in [-0.1, -0.05) is 13.8 Å². The Hall–Kier alpha value is -0.570. The lowest BCUT2D eigenvalue weighted by molar-refractivity contribution is -0.123. The van der Waals surface area contributed by atoms with Gasteiger partial charge in [-0.2, -0.15) is 0 Å². The van der Waals surface area contributed by atoms with E-state index in [2.05, 4.69) is 10.6 Å². The highest BCUT2D eigenvalue weighted by atomic mass is 16.2. The van der Waals surface area contributed by atoms with Crippen molar-refractivity contribution in [3.8, 4) is 0 Å². The van der Waals surface area contributed by atoms with Gasteiger partial charge in [-0.3, -0.25) is 4.79 Å². The van der Waals surface area contributed by atoms with Crippen LogP contribution in [0.3, 0.4) is 0 Å². The van der Waals surface area contributed by atoms with Gasteiger partial charge in [-0.25, -0.2) is 0 Å². The minimum absolute atomic E-state index is 0.0532. The van der Waals surface area contributed by atoms with Crippen molar-refractivity contribution in [1.82, 2.24) is 10.6 Å². The van der Waals surface area contributed by atoms with E-state index < -0.39 is 0 Å². The Morgan fingerprint density at radius 1 is 1.30 bits per heavy atom. The fraction of sp³-hybridized carbons (Fsp3) is 0.857. The lowest BCUT2D eigenvalue weighted by Gasteiger charge is -2.17. The summed E-state index contributed by atoms with van der Waals surface area (Å²) in [6.45, 7) is 4.02. The molecule has 0 unspecified atom stereocenters. The fourth-order valence-corrected chi connectivity index (χ4v) is 0.923. The topological polar surface area (TPSA) is 41.1 Å². The van der Waals surface area contributed by atoms with Gasteiger partial charge in [0.1, 0.15) is 0 Å². The molecule has 1 atom stereocenters. The van der Waals surface area contributed by atoms with Crippen molar-refractivity contribution in [3.05, 3.63) is 0 Å². The van der Waals surface area contributed by atoms with Crippen LogP contribution in [0.2, 0.25) is 0 Å². The summed E-state index contributed by atoms with van der Waals surface area (Å²) in [4.78, 5) is 11.0. The molecule has 0 spiro atoms. The first-order chi connectivity index (χ1) is 4.63. The van der Waals surface area contributed by atoms with Crippen LogP contribution in [0.4, 0.5) is 0 Å². The minimum Gasteiger partial charge on any atom is -0.358 e. The van der Waals surface area contributed by atoms with Gasteiger partial charge in [0, 0.05) is 7.05 Å². The van der Waals surface area contributed by atoms with Crippen molar-refractivity contribution in [2.45, 2.75) is 19.9 Å². The largest absolute Gasteiger partial charge is 0.358 e. The molecule has 0 aliphatic rings. The molecule has 0 fully saturated rings. The third-order valence-corrected chi connectivity index (χ3v) is 1.51. The maximum atomic E-state index is 11.0. The first-order valence-corrected chi connectivity index (χ1v) is 3.52. The summed E-state index contributed by atoms with van der Waals surface area (Å²) in [7, 11) is 3.44. The second-order valence-electron chi connectivity index (χ2n) is 2.62. The first-order valence-electron chi connectivity index (χ1n) is 3.52. The average molecular weight is 144 g/mol. The van der Waals surface area contributed by atoms with Crippen LogP contribution in [0.1, 0.15) is 13.8 Å². The molecule has 2 N–H and O–H groups in total. The second-order valence-corrected chi connectivity index (χ2v) is 2.62. The molecule has 0 saturated carbocycles. The van der Waals surface area contributed by atoms with Gasteiger partial charge in [0.2, 0.25) is 5.91 Å². The SMILES string of the molecule is CNC(=O)[C@H](NC)C(C)C. The zero-order chi connectivity index (χ0) is 8.15. The molecule has 3 nitrogen and oxygen atoms in total. The number of amides is 1. The van der Waals surface area contributed by atoms with Crippen LogP contribution >= 0.6 is 0 Å². The highest BCUT2D eigenvalue weighted by Crippen LogP contribution is 1.99. The van der Waals surface area contributed by atoms with Gasteiger partial charge >= 0.3 is 0 Å². The minimum atomic E-state index is -0.0648. The quantitative estimate of drug-likeness (QED) is 0.584. The van der Waals surface area contributed by atoms with Crippen molar-refractivity contribution in [2.75, 3.05) is 14.1 Å². The van der Waals surface area contributed by atoms with E-state index in [4.69, 9.17) is 0 Å². The number of carbonyl (C=O) groups is 1. The summed E-state index contributed by atoms with van der Waals surface area (Å²) >= 11 is 0. The molecule has 0 aromatic heterocycles. The van der Waals surface area contributed by atoms with Crippen LogP contribution < -0.4 is 10.6 Å². The third kappa shape index (κ3) is 2.35. The molecule has 10 heavy (non-hydrogen) atoms. The summed E-state index contributed by atoms with van der Waals surface area (Å²) in [6, 6.07) is -0.0648. The molecule has 0 radical (unpaired) electrons. The molecule has 0 saturated heterocycles. The predicted molar refractivity (Wildman–Crippen MR) is 41.8 cm³/mol. The van der Waals surface area contributed by atoms with Crippen LogP contribution in [0, 0.1) is 5.92 Å². The molecule has 0 heterocycles. The zero-order valence-corrected chi connectivity index (χ0v) is 7.06. The standard InChI is InChI=1S/C7H16N2O/c1-5(2)6(8-3)7(10)9-4/h5-6,8H,1-4H3,(H,9,10)/t6-/m1/s1. The Morgan fingerprint density at radius 2 is 1.80 bits per heavy atom. The molecule has 0 aromatic carbocycles. The van der Waals surface area contributed by atoms with E-state index in [1.807, 2.05) is 13.8 Å². The average Bonchev–Trinajstić information content (AvgIpc) is 1.88. The predicted octanol–water partition coefficient (Wildman–Crippen LogP) is -0.0236. The zero-order valence-electron chi connectivity index (χ0n) is 7.06. The monoisotopic (exact) mass is 144 g/mol. The van der Waals surface area contributed by atoms with E-state index in [0.29, 0.717) is 5.92 Å². The molecule has 0 aromatic rings. The summed E-state index contributed by atoms with van der Waals surface area (Å²) in [5.74, 6) is 0.391. The van der Waals surface area contributed by atoms with Gasteiger partial charge in [0.05, 0.1) is 6.04 Å². The third-order valence-electron chi connectivity index (χ3n) is 1.51. The molecule has 3 heteroatoms. The van der Waals surface area contributed by atoms with E-state index in [0.717, 1.165) is 0 Å². The maximum absolute atomic E-state index is 11.0. The summed E-state index contributed by atoms with van der Waals surface area (Å²) in [6.07, 6.45) is 0. The van der Waals surface area contributed by atoms with Crippen molar-refractivity contribution in [3.63, 3.8) is 0 Å². The first kappa shape index (κ1) is 9.43. The molecular formula is C7H16N2O. The number of hydrogen-bond acceptors (Lipinski definition) is 2. The van der Waals surface area contributed by atoms with Crippen LogP contribution in [0.15, 0.2) is 0 Å². The smallest absolute Gasteiger partial charge is 0.237 e. The number of likely N-dealkylation sites (N-methyl/N-ethyl adjacent to an activating group) is 2. The van der Waals surface area contributed by atoms with Gasteiger partial charge in [0.25, 0.3) is 0 Å². The number of rotatable bonds is 3. The highest BCUT2D eigenvalue weighted by Gasteiger charge is 2.17. The summed E-state index contributed by atoms with van der Waals surface area (Å²) < 4.78 is 0. The van der Waals surface area contributed by atoms with Crippen LogP contribution in [0.5, 0.6) is 0 Å². The van der Waals surface area contributed by atoms with Gasteiger partial charge in [-0.05, 0) is 13.0 Å². The van der Waals surface area contributed by atoms with Crippen molar-refractivity contribution >= 4 is 5.91 Å². The van der Waals surface area contributed by atoms with E-state index in [1.165, 1.54) is 0 Å². The molecule has 0 aliphatic heterocycles. The van der Waals surface area contributed by atoms with E-state index in [9.17, 15) is 4.79 Å². The van der Waals surface area contributed by atoms with Crippen LogP contribution in [0.25, 0.3) is 0 Å². The molecular weight excluding hydrogens is 128 g/mol. The van der Waals surface area contributed by atoms with E-state index >= 15 is 0 Å². The van der Waals surface area contributed by atoms with Gasteiger partial charge in [0.15, 0.2) is 0 Å². The summed E-state index contributed by atoms with van der Waals surface area (Å²) in [5.41, 5.74) is 0. The van der Waals surface area contributed by atoms with Crippen LogP contribution in [-0.4, -0.2) is 26.0 Å². The van der Waals surface area contributed by atoms with Crippen molar-refractivity contribution in [1.29, 1.82) is 0 Å². The Bertz CT molecular complexity index is 112. The normalized spacial score (nSPS) is 13.3. The van der Waals surface area contributed by atoms with Crippen LogP contribution in [-0.2, 0) is 4.79 Å². The number of carbonyl (C=O) groups excluding carboxylic acids is 1. The lowest BCUT2D eigenvalue weighted by atomic mass is 10.0. The van der Waals surface area contributed by atoms with E-state index in [-0.39, 0.29) is 11.9 Å². The Labute approximate surface area is 62.2 Å². The lowest BCUT2D eigenvalue weighted by Crippen LogP contribution is -2.44. The molecule has 1 amide bonds. The highest BCUT2D eigenvalue weighted by molar-refractivity contribution is 5.81. The van der Waals surface area contributed by atoms with E-state index in [1.54, 1.807) is 14.1 Å².